The van der Waals surface area contributed by atoms with Crippen LogP contribution in [0.15, 0.2) is 24.3 Å². The molecule has 1 rings (SSSR count). The smallest absolute Gasteiger partial charge is 0.425 e. The molecule has 0 spiro atoms. The Labute approximate surface area is 90.0 Å². The molecule has 1 unspecified atom stereocenters. The van der Waals surface area contributed by atoms with E-state index in [1.54, 1.807) is 0 Å². The lowest BCUT2D eigenvalue weighted by Gasteiger charge is -2.21. The lowest BCUT2D eigenvalue weighted by molar-refractivity contribution is -0.196. The fourth-order valence-electron chi connectivity index (χ4n) is 1.13. The Morgan fingerprint density at radius 2 is 1.88 bits per heavy atom. The number of rotatable bonds is 4. The van der Waals surface area contributed by atoms with Crippen molar-refractivity contribution in [1.29, 1.82) is 0 Å². The Kier molecular flexibility index (Phi) is 4.12. The SMILES string of the molecule is NCCC(Oc1ccccc1F)C(F)(F)F. The fraction of sp³-hybridized carbons (Fsp3) is 0.400. The van der Waals surface area contributed by atoms with Gasteiger partial charge in [-0.1, -0.05) is 12.1 Å². The minimum atomic E-state index is -4.55. The molecule has 90 valence electrons. The number of hydrogen-bond donors (Lipinski definition) is 1. The highest BCUT2D eigenvalue weighted by atomic mass is 19.4. The molecule has 1 atom stereocenters. The van der Waals surface area contributed by atoms with E-state index in [0.29, 0.717) is 0 Å². The lowest BCUT2D eigenvalue weighted by Crippen LogP contribution is -2.36. The largest absolute Gasteiger partial charge is 0.478 e. The summed E-state index contributed by atoms with van der Waals surface area (Å²) < 4.78 is 54.9. The van der Waals surface area contributed by atoms with Crippen molar-refractivity contribution in [3.63, 3.8) is 0 Å². The maximum Gasteiger partial charge on any atom is 0.425 e. The first-order chi connectivity index (χ1) is 7.45. The second-order valence-corrected chi connectivity index (χ2v) is 3.16. The first-order valence-corrected chi connectivity index (χ1v) is 4.63. The van der Waals surface area contributed by atoms with E-state index in [2.05, 4.69) is 4.74 Å². The molecule has 0 saturated carbocycles. The summed E-state index contributed by atoms with van der Waals surface area (Å²) in [5.41, 5.74) is 5.04. The van der Waals surface area contributed by atoms with Crippen LogP contribution < -0.4 is 10.5 Å². The highest BCUT2D eigenvalue weighted by Gasteiger charge is 2.41. The van der Waals surface area contributed by atoms with Crippen LogP contribution in [0.1, 0.15) is 6.42 Å². The molecule has 16 heavy (non-hydrogen) atoms. The summed E-state index contributed by atoms with van der Waals surface area (Å²) in [5.74, 6) is -1.24. The summed E-state index contributed by atoms with van der Waals surface area (Å²) in [5, 5.41) is 0. The molecular formula is C10H11F4NO. The van der Waals surface area contributed by atoms with Crippen molar-refractivity contribution in [2.75, 3.05) is 6.54 Å². The van der Waals surface area contributed by atoms with Crippen molar-refractivity contribution in [1.82, 2.24) is 0 Å². The molecule has 0 bridgehead atoms. The molecule has 0 heterocycles. The van der Waals surface area contributed by atoms with Gasteiger partial charge in [-0.3, -0.25) is 0 Å². The van der Waals surface area contributed by atoms with Crippen LogP contribution in [-0.4, -0.2) is 18.8 Å². The van der Waals surface area contributed by atoms with Gasteiger partial charge in [0.05, 0.1) is 0 Å². The molecule has 0 saturated heterocycles. The summed E-state index contributed by atoms with van der Waals surface area (Å²) in [6, 6.07) is 4.94. The quantitative estimate of drug-likeness (QED) is 0.816. The molecular weight excluding hydrogens is 226 g/mol. The Morgan fingerprint density at radius 1 is 1.25 bits per heavy atom. The van der Waals surface area contributed by atoms with E-state index < -0.39 is 30.3 Å². The Morgan fingerprint density at radius 3 is 2.38 bits per heavy atom. The third kappa shape index (κ3) is 3.37. The lowest BCUT2D eigenvalue weighted by atomic mass is 10.2. The number of para-hydroxylation sites is 1. The second-order valence-electron chi connectivity index (χ2n) is 3.16. The standard InChI is InChI=1S/C10H11F4NO/c11-7-3-1-2-4-8(7)16-9(5-6-15)10(12,13)14/h1-4,9H,5-6,15H2. The number of alkyl halides is 3. The van der Waals surface area contributed by atoms with Crippen LogP contribution in [-0.2, 0) is 0 Å². The van der Waals surface area contributed by atoms with Gasteiger partial charge in [-0.25, -0.2) is 4.39 Å². The molecule has 0 aromatic heterocycles. The van der Waals surface area contributed by atoms with Crippen LogP contribution in [0.25, 0.3) is 0 Å². The Hall–Kier alpha value is -1.30. The van der Waals surface area contributed by atoms with Crippen LogP contribution >= 0.6 is 0 Å². The van der Waals surface area contributed by atoms with Crippen molar-refractivity contribution in [2.45, 2.75) is 18.7 Å². The van der Waals surface area contributed by atoms with Gasteiger partial charge in [0.1, 0.15) is 0 Å². The van der Waals surface area contributed by atoms with Crippen LogP contribution in [0.2, 0.25) is 0 Å². The first kappa shape index (κ1) is 12.8. The number of nitrogens with two attached hydrogens (primary N) is 1. The van der Waals surface area contributed by atoms with Crippen molar-refractivity contribution in [3.8, 4) is 5.75 Å². The molecule has 1 aromatic carbocycles. The summed E-state index contributed by atoms with van der Waals surface area (Å²) in [6.45, 7) is -0.182. The van der Waals surface area contributed by atoms with Gasteiger partial charge in [-0.2, -0.15) is 13.2 Å². The monoisotopic (exact) mass is 237 g/mol. The predicted molar refractivity (Wildman–Crippen MR) is 50.5 cm³/mol. The van der Waals surface area contributed by atoms with E-state index in [9.17, 15) is 17.6 Å². The average molecular weight is 237 g/mol. The van der Waals surface area contributed by atoms with E-state index in [-0.39, 0.29) is 6.54 Å². The van der Waals surface area contributed by atoms with E-state index in [1.807, 2.05) is 0 Å². The van der Waals surface area contributed by atoms with Gasteiger partial charge in [-0.05, 0) is 18.7 Å². The van der Waals surface area contributed by atoms with Crippen molar-refractivity contribution in [3.05, 3.63) is 30.1 Å². The number of hydrogen-bond acceptors (Lipinski definition) is 2. The van der Waals surface area contributed by atoms with Crippen molar-refractivity contribution >= 4 is 0 Å². The molecule has 1 aromatic rings. The zero-order chi connectivity index (χ0) is 12.2. The summed E-state index contributed by atoms with van der Waals surface area (Å²) in [7, 11) is 0. The number of ether oxygens (including phenoxy) is 1. The maximum atomic E-state index is 13.1. The van der Waals surface area contributed by atoms with Crippen LogP contribution in [0, 0.1) is 5.82 Å². The van der Waals surface area contributed by atoms with Crippen LogP contribution in [0.3, 0.4) is 0 Å². The maximum absolute atomic E-state index is 13.1. The molecule has 0 fully saturated rings. The van der Waals surface area contributed by atoms with Gasteiger partial charge >= 0.3 is 6.18 Å². The molecule has 2 N–H and O–H groups in total. The van der Waals surface area contributed by atoms with E-state index in [4.69, 9.17) is 5.73 Å². The molecule has 0 radical (unpaired) electrons. The molecule has 0 aliphatic carbocycles. The minimum absolute atomic E-state index is 0.182. The van der Waals surface area contributed by atoms with Gasteiger partial charge in [0.15, 0.2) is 17.7 Å². The Bertz CT molecular complexity index is 340. The molecule has 0 amide bonds. The van der Waals surface area contributed by atoms with Gasteiger partial charge in [0.2, 0.25) is 0 Å². The summed E-state index contributed by atoms with van der Waals surface area (Å²) >= 11 is 0. The fourth-order valence-corrected chi connectivity index (χ4v) is 1.13. The van der Waals surface area contributed by atoms with E-state index in [1.165, 1.54) is 12.1 Å². The minimum Gasteiger partial charge on any atom is -0.478 e. The average Bonchev–Trinajstić information content (AvgIpc) is 2.19. The molecule has 2 nitrogen and oxygen atoms in total. The van der Waals surface area contributed by atoms with Gasteiger partial charge in [-0.15, -0.1) is 0 Å². The molecule has 0 aliphatic heterocycles. The van der Waals surface area contributed by atoms with E-state index in [0.717, 1.165) is 12.1 Å². The van der Waals surface area contributed by atoms with E-state index >= 15 is 0 Å². The van der Waals surface area contributed by atoms with Crippen LogP contribution in [0.4, 0.5) is 17.6 Å². The summed E-state index contributed by atoms with van der Waals surface area (Å²) in [6.07, 6.45) is -7.03. The third-order valence-corrected chi connectivity index (χ3v) is 1.90. The molecule has 6 heteroatoms. The topological polar surface area (TPSA) is 35.2 Å². The van der Waals surface area contributed by atoms with Crippen molar-refractivity contribution in [2.24, 2.45) is 5.73 Å². The van der Waals surface area contributed by atoms with Crippen LogP contribution in [0.5, 0.6) is 5.75 Å². The van der Waals surface area contributed by atoms with Crippen molar-refractivity contribution < 1.29 is 22.3 Å². The first-order valence-electron chi connectivity index (χ1n) is 4.63. The predicted octanol–water partition coefficient (Wildman–Crippen LogP) is 2.48. The molecule has 0 aliphatic rings. The highest BCUT2D eigenvalue weighted by Crippen LogP contribution is 2.28. The zero-order valence-electron chi connectivity index (χ0n) is 8.30. The number of halogens is 4. The number of benzene rings is 1. The van der Waals surface area contributed by atoms with Gasteiger partial charge in [0.25, 0.3) is 0 Å². The Balaban J connectivity index is 2.80. The highest BCUT2D eigenvalue weighted by molar-refractivity contribution is 5.24. The second kappa shape index (κ2) is 5.16. The normalized spacial score (nSPS) is 13.6. The van der Waals surface area contributed by atoms with Gasteiger partial charge in [0, 0.05) is 6.42 Å². The zero-order valence-corrected chi connectivity index (χ0v) is 8.30. The third-order valence-electron chi connectivity index (χ3n) is 1.90. The van der Waals surface area contributed by atoms with Gasteiger partial charge < -0.3 is 10.5 Å². The summed E-state index contributed by atoms with van der Waals surface area (Å²) in [4.78, 5) is 0.